The molecule has 1 aliphatic heterocycles. The van der Waals surface area contributed by atoms with Crippen LogP contribution in [0.15, 0.2) is 18.3 Å². The van der Waals surface area contributed by atoms with E-state index in [2.05, 4.69) is 27.0 Å². The molecule has 0 saturated carbocycles. The van der Waals surface area contributed by atoms with Gasteiger partial charge in [-0.25, -0.2) is 0 Å². The molecule has 1 aliphatic rings. The average Bonchev–Trinajstić information content (AvgIpc) is 2.18. The third-order valence-electron chi connectivity index (χ3n) is 2.51. The number of aromatic nitrogens is 1. The zero-order valence-electron chi connectivity index (χ0n) is 8.24. The third-order valence-corrected chi connectivity index (χ3v) is 3.34. The van der Waals surface area contributed by atoms with E-state index in [1.165, 1.54) is 5.56 Å². The molecule has 0 spiro atoms. The molecule has 0 N–H and O–H groups in total. The third kappa shape index (κ3) is 2.34. The highest BCUT2D eigenvalue weighted by Gasteiger charge is 2.21. The molecule has 1 aromatic heterocycles. The van der Waals surface area contributed by atoms with Gasteiger partial charge in [0.15, 0.2) is 0 Å². The number of pyridine rings is 1. The summed E-state index contributed by atoms with van der Waals surface area (Å²) in [5.74, 6) is 0. The van der Waals surface area contributed by atoms with E-state index >= 15 is 0 Å². The van der Waals surface area contributed by atoms with Crippen molar-refractivity contribution >= 4 is 15.9 Å². The van der Waals surface area contributed by atoms with Crippen LogP contribution in [0.25, 0.3) is 0 Å². The van der Waals surface area contributed by atoms with Gasteiger partial charge in [-0.05, 0) is 37.5 Å². The van der Waals surface area contributed by atoms with Crippen molar-refractivity contribution in [3.8, 4) is 0 Å². The predicted octanol–water partition coefficient (Wildman–Crippen LogP) is 3.01. The van der Waals surface area contributed by atoms with Crippen molar-refractivity contribution in [2.45, 2.75) is 30.7 Å². The van der Waals surface area contributed by atoms with Crippen molar-refractivity contribution in [2.75, 3.05) is 6.61 Å². The second-order valence-corrected chi connectivity index (χ2v) is 5.01. The fourth-order valence-electron chi connectivity index (χ4n) is 1.76. The lowest BCUT2D eigenvalue weighted by atomic mass is 10.0. The van der Waals surface area contributed by atoms with Crippen LogP contribution < -0.4 is 0 Å². The highest BCUT2D eigenvalue weighted by Crippen LogP contribution is 2.31. The van der Waals surface area contributed by atoms with Crippen LogP contribution in [0.5, 0.6) is 0 Å². The Kier molecular flexibility index (Phi) is 3.19. The summed E-state index contributed by atoms with van der Waals surface area (Å²) in [6, 6.07) is 4.15. The summed E-state index contributed by atoms with van der Waals surface area (Å²) in [4.78, 5) is 4.78. The molecular weight excluding hydrogens is 242 g/mol. The minimum Gasteiger partial charge on any atom is -0.373 e. The van der Waals surface area contributed by atoms with Gasteiger partial charge in [-0.15, -0.1) is 0 Å². The standard InChI is InChI=1S/C11H14BrNO/c1-8-6-9(2-4-13-8)11-7-10(12)3-5-14-11/h2,4,6,10-11H,3,5,7H2,1H3/t10-,11+/m1/s1. The van der Waals surface area contributed by atoms with Crippen LogP contribution in [0.2, 0.25) is 0 Å². The molecule has 1 saturated heterocycles. The van der Waals surface area contributed by atoms with Gasteiger partial charge in [0.2, 0.25) is 0 Å². The zero-order chi connectivity index (χ0) is 9.97. The van der Waals surface area contributed by atoms with Crippen LogP contribution in [-0.4, -0.2) is 16.4 Å². The molecule has 0 aliphatic carbocycles. The molecule has 0 aromatic carbocycles. The average molecular weight is 256 g/mol. The molecule has 1 aromatic rings. The molecule has 0 amide bonds. The fourth-order valence-corrected chi connectivity index (χ4v) is 2.28. The molecule has 0 bridgehead atoms. The molecule has 3 heteroatoms. The summed E-state index contributed by atoms with van der Waals surface area (Å²) in [7, 11) is 0. The largest absolute Gasteiger partial charge is 0.373 e. The van der Waals surface area contributed by atoms with E-state index in [4.69, 9.17) is 4.74 Å². The monoisotopic (exact) mass is 255 g/mol. The Morgan fingerprint density at radius 1 is 1.57 bits per heavy atom. The van der Waals surface area contributed by atoms with Crippen LogP contribution >= 0.6 is 15.9 Å². The summed E-state index contributed by atoms with van der Waals surface area (Å²) in [5, 5.41) is 0. The normalized spacial score (nSPS) is 27.6. The Labute approximate surface area is 92.8 Å². The van der Waals surface area contributed by atoms with Gasteiger partial charge in [-0.1, -0.05) is 15.9 Å². The van der Waals surface area contributed by atoms with E-state index in [0.29, 0.717) is 4.83 Å². The number of ether oxygens (including phenoxy) is 1. The van der Waals surface area contributed by atoms with E-state index in [0.717, 1.165) is 25.1 Å². The highest BCUT2D eigenvalue weighted by molar-refractivity contribution is 9.09. The molecule has 14 heavy (non-hydrogen) atoms. The second-order valence-electron chi connectivity index (χ2n) is 3.71. The van der Waals surface area contributed by atoms with E-state index in [9.17, 15) is 0 Å². The molecule has 2 atom stereocenters. The first-order valence-corrected chi connectivity index (χ1v) is 5.85. The van der Waals surface area contributed by atoms with Crippen molar-refractivity contribution in [1.82, 2.24) is 4.98 Å². The van der Waals surface area contributed by atoms with Gasteiger partial charge in [0, 0.05) is 23.3 Å². The number of halogens is 1. The molecule has 0 unspecified atom stereocenters. The first-order chi connectivity index (χ1) is 6.75. The van der Waals surface area contributed by atoms with E-state index in [-0.39, 0.29) is 6.10 Å². The summed E-state index contributed by atoms with van der Waals surface area (Å²) in [5.41, 5.74) is 2.31. The van der Waals surface area contributed by atoms with Crippen LogP contribution in [-0.2, 0) is 4.74 Å². The lowest BCUT2D eigenvalue weighted by Crippen LogP contribution is -2.19. The molecule has 2 rings (SSSR count). The maximum absolute atomic E-state index is 5.73. The number of hydrogen-bond donors (Lipinski definition) is 0. The molecule has 2 nitrogen and oxygen atoms in total. The predicted molar refractivity (Wildman–Crippen MR) is 59.6 cm³/mol. The lowest BCUT2D eigenvalue weighted by Gasteiger charge is -2.26. The van der Waals surface area contributed by atoms with Crippen LogP contribution in [0.3, 0.4) is 0 Å². The van der Waals surface area contributed by atoms with Crippen LogP contribution in [0, 0.1) is 6.92 Å². The zero-order valence-corrected chi connectivity index (χ0v) is 9.83. The minimum atomic E-state index is 0.245. The first-order valence-electron chi connectivity index (χ1n) is 4.94. The lowest BCUT2D eigenvalue weighted by molar-refractivity contribution is 0.0186. The molecule has 1 fully saturated rings. The fraction of sp³-hybridized carbons (Fsp3) is 0.545. The van der Waals surface area contributed by atoms with Gasteiger partial charge < -0.3 is 4.74 Å². The SMILES string of the molecule is Cc1cc([C@@H]2C[C@H](Br)CCO2)ccn1. The summed E-state index contributed by atoms with van der Waals surface area (Å²) in [6.07, 6.45) is 4.27. The number of aryl methyl sites for hydroxylation is 1. The number of hydrogen-bond acceptors (Lipinski definition) is 2. The summed E-state index contributed by atoms with van der Waals surface area (Å²) >= 11 is 3.65. The van der Waals surface area contributed by atoms with E-state index in [1.807, 2.05) is 19.2 Å². The first kappa shape index (κ1) is 10.1. The van der Waals surface area contributed by atoms with Gasteiger partial charge >= 0.3 is 0 Å². The molecule has 76 valence electrons. The maximum atomic E-state index is 5.73. The second kappa shape index (κ2) is 4.41. The topological polar surface area (TPSA) is 22.1 Å². The van der Waals surface area contributed by atoms with Gasteiger partial charge in [0.25, 0.3) is 0 Å². The maximum Gasteiger partial charge on any atom is 0.0836 e. The van der Waals surface area contributed by atoms with Crippen molar-refractivity contribution < 1.29 is 4.74 Å². The van der Waals surface area contributed by atoms with Gasteiger partial charge in [-0.2, -0.15) is 0 Å². The number of rotatable bonds is 1. The summed E-state index contributed by atoms with van der Waals surface area (Å²) < 4.78 is 5.73. The highest BCUT2D eigenvalue weighted by atomic mass is 79.9. The van der Waals surface area contributed by atoms with Crippen molar-refractivity contribution in [3.05, 3.63) is 29.6 Å². The Morgan fingerprint density at radius 2 is 2.43 bits per heavy atom. The molecule has 2 heterocycles. The van der Waals surface area contributed by atoms with Gasteiger partial charge in [0.05, 0.1) is 6.10 Å². The van der Waals surface area contributed by atoms with Crippen LogP contribution in [0.4, 0.5) is 0 Å². The molecule has 0 radical (unpaired) electrons. The van der Waals surface area contributed by atoms with Crippen molar-refractivity contribution in [1.29, 1.82) is 0 Å². The Morgan fingerprint density at radius 3 is 3.14 bits per heavy atom. The van der Waals surface area contributed by atoms with Crippen molar-refractivity contribution in [3.63, 3.8) is 0 Å². The van der Waals surface area contributed by atoms with Gasteiger partial charge in [-0.3, -0.25) is 4.98 Å². The Bertz CT molecular complexity index is 316. The van der Waals surface area contributed by atoms with E-state index in [1.54, 1.807) is 0 Å². The smallest absolute Gasteiger partial charge is 0.0836 e. The van der Waals surface area contributed by atoms with Crippen molar-refractivity contribution in [2.24, 2.45) is 0 Å². The summed E-state index contributed by atoms with van der Waals surface area (Å²) in [6.45, 7) is 2.86. The number of alkyl halides is 1. The van der Waals surface area contributed by atoms with E-state index < -0.39 is 0 Å². The Balaban J connectivity index is 2.14. The quantitative estimate of drug-likeness (QED) is 0.720. The Hall–Kier alpha value is -0.410. The van der Waals surface area contributed by atoms with Gasteiger partial charge in [0.1, 0.15) is 0 Å². The van der Waals surface area contributed by atoms with Crippen LogP contribution in [0.1, 0.15) is 30.2 Å². The number of nitrogens with zero attached hydrogens (tertiary/aromatic N) is 1. The molecular formula is C11H14BrNO. The minimum absolute atomic E-state index is 0.245.